The highest BCUT2D eigenvalue weighted by atomic mass is 32.2. The number of hydrogen-bond acceptors (Lipinski definition) is 4. The molecule has 0 radical (unpaired) electrons. The van der Waals surface area contributed by atoms with Gasteiger partial charge in [0.05, 0.1) is 4.91 Å². The van der Waals surface area contributed by atoms with Crippen LogP contribution < -0.4 is 5.32 Å². The first-order chi connectivity index (χ1) is 16.0. The first-order valence-corrected chi connectivity index (χ1v) is 11.5. The lowest BCUT2D eigenvalue weighted by molar-refractivity contribution is -0.130. The first kappa shape index (κ1) is 22.6. The van der Waals surface area contributed by atoms with Crippen LogP contribution in [0.15, 0.2) is 83.8 Å². The molecule has 1 N–H and O–H groups in total. The molecule has 1 saturated heterocycles. The number of imide groups is 1. The van der Waals surface area contributed by atoms with E-state index in [1.165, 1.54) is 5.56 Å². The van der Waals surface area contributed by atoms with Crippen molar-refractivity contribution >= 4 is 34.9 Å². The van der Waals surface area contributed by atoms with Crippen LogP contribution in [0.25, 0.3) is 17.2 Å². The Morgan fingerprint density at radius 3 is 2.33 bits per heavy atom. The summed E-state index contributed by atoms with van der Waals surface area (Å²) in [5.74, 6) is -0.238. The lowest BCUT2D eigenvalue weighted by Crippen LogP contribution is -2.26. The van der Waals surface area contributed by atoms with Crippen LogP contribution in [-0.2, 0) is 22.6 Å². The number of amides is 3. The van der Waals surface area contributed by atoms with Gasteiger partial charge in [0.2, 0.25) is 5.91 Å². The van der Waals surface area contributed by atoms with E-state index < -0.39 is 0 Å². The molecule has 1 aliphatic rings. The Morgan fingerprint density at radius 2 is 1.64 bits per heavy atom. The Kier molecular flexibility index (Phi) is 7.05. The zero-order valence-corrected chi connectivity index (χ0v) is 19.1. The van der Waals surface area contributed by atoms with Crippen LogP contribution >= 0.6 is 11.8 Å². The molecular formula is C27H24N2O3S. The van der Waals surface area contributed by atoms with Gasteiger partial charge < -0.3 is 4.90 Å². The summed E-state index contributed by atoms with van der Waals surface area (Å²) in [6.07, 6.45) is 2.93. The number of nitrogens with zero attached hydrogens (tertiary/aromatic N) is 1. The zero-order valence-electron chi connectivity index (χ0n) is 18.3. The molecule has 1 aliphatic heterocycles. The number of benzene rings is 3. The standard InChI is InChI=1S/C27H24N2O3S/c1-29(25(30)15-12-19-6-3-2-4-7-19)18-21-8-5-9-23(16-21)22-13-10-20(11-14-22)17-24-26(31)28-27(32)33-24/h2-11,13-14,16-17H,12,15,18H2,1H3,(H,28,31,32). The highest BCUT2D eigenvalue weighted by Crippen LogP contribution is 2.27. The Labute approximate surface area is 197 Å². The Hall–Kier alpha value is -3.64. The topological polar surface area (TPSA) is 66.5 Å². The SMILES string of the molecule is CN(Cc1cccc(-c2ccc(C=C3SC(=O)NC3=O)cc2)c1)C(=O)CCc1ccccc1. The summed E-state index contributed by atoms with van der Waals surface area (Å²) in [7, 11) is 1.84. The van der Waals surface area contributed by atoms with E-state index in [0.29, 0.717) is 17.9 Å². The van der Waals surface area contributed by atoms with Gasteiger partial charge in [0.25, 0.3) is 11.1 Å². The highest BCUT2D eigenvalue weighted by Gasteiger charge is 2.24. The second kappa shape index (κ2) is 10.3. The maximum Gasteiger partial charge on any atom is 0.290 e. The molecule has 166 valence electrons. The highest BCUT2D eigenvalue weighted by molar-refractivity contribution is 8.18. The smallest absolute Gasteiger partial charge is 0.290 e. The normalized spacial score (nSPS) is 14.4. The summed E-state index contributed by atoms with van der Waals surface area (Å²) in [6.45, 7) is 0.548. The molecule has 3 aromatic carbocycles. The third-order valence-electron chi connectivity index (χ3n) is 5.43. The number of rotatable bonds is 7. The number of hydrogen-bond donors (Lipinski definition) is 1. The molecule has 0 aromatic heterocycles. The molecule has 0 atom stereocenters. The van der Waals surface area contributed by atoms with Crippen molar-refractivity contribution in [1.29, 1.82) is 0 Å². The molecule has 33 heavy (non-hydrogen) atoms. The fraction of sp³-hybridized carbons (Fsp3) is 0.148. The second-order valence-corrected chi connectivity index (χ2v) is 8.92. The van der Waals surface area contributed by atoms with Crippen molar-refractivity contribution in [2.24, 2.45) is 0 Å². The molecule has 0 spiro atoms. The van der Waals surface area contributed by atoms with Crippen LogP contribution in [0.3, 0.4) is 0 Å². The molecule has 3 aromatic rings. The van der Waals surface area contributed by atoms with Crippen LogP contribution in [0.4, 0.5) is 4.79 Å². The summed E-state index contributed by atoms with van der Waals surface area (Å²) in [5.41, 5.74) is 5.17. The van der Waals surface area contributed by atoms with Gasteiger partial charge >= 0.3 is 0 Å². The van der Waals surface area contributed by atoms with E-state index in [-0.39, 0.29) is 17.1 Å². The van der Waals surface area contributed by atoms with Crippen molar-refractivity contribution in [2.45, 2.75) is 19.4 Å². The van der Waals surface area contributed by atoms with Crippen molar-refractivity contribution in [3.63, 3.8) is 0 Å². The van der Waals surface area contributed by atoms with Crippen molar-refractivity contribution in [3.05, 3.63) is 100 Å². The number of nitrogens with one attached hydrogen (secondary N) is 1. The maximum atomic E-state index is 12.6. The quantitative estimate of drug-likeness (QED) is 0.492. The van der Waals surface area contributed by atoms with E-state index in [0.717, 1.165) is 40.4 Å². The fourth-order valence-electron chi connectivity index (χ4n) is 3.64. The minimum Gasteiger partial charge on any atom is -0.341 e. The molecule has 5 nitrogen and oxygen atoms in total. The molecular weight excluding hydrogens is 432 g/mol. The van der Waals surface area contributed by atoms with Gasteiger partial charge in [-0.25, -0.2) is 0 Å². The van der Waals surface area contributed by atoms with Gasteiger partial charge in [-0.1, -0.05) is 72.8 Å². The maximum absolute atomic E-state index is 12.6. The van der Waals surface area contributed by atoms with Crippen molar-refractivity contribution in [3.8, 4) is 11.1 Å². The monoisotopic (exact) mass is 456 g/mol. The van der Waals surface area contributed by atoms with E-state index in [2.05, 4.69) is 11.4 Å². The summed E-state index contributed by atoms with van der Waals surface area (Å²) in [6, 6.07) is 26.0. The molecule has 0 saturated carbocycles. The van der Waals surface area contributed by atoms with E-state index in [1.54, 1.807) is 11.0 Å². The van der Waals surface area contributed by atoms with Crippen LogP contribution in [0.2, 0.25) is 0 Å². The van der Waals surface area contributed by atoms with Crippen LogP contribution in [0.5, 0.6) is 0 Å². The molecule has 1 heterocycles. The number of thioether (sulfide) groups is 1. The third-order valence-corrected chi connectivity index (χ3v) is 6.24. The second-order valence-electron chi connectivity index (χ2n) is 7.91. The molecule has 6 heteroatoms. The molecule has 0 unspecified atom stereocenters. The number of carbonyl (C=O) groups is 3. The van der Waals surface area contributed by atoms with E-state index in [1.807, 2.05) is 79.8 Å². The molecule has 4 rings (SSSR count). The average Bonchev–Trinajstić information content (AvgIpc) is 3.15. The minimum atomic E-state index is -0.357. The number of aryl methyl sites for hydroxylation is 1. The molecule has 0 aliphatic carbocycles. The van der Waals surface area contributed by atoms with E-state index in [9.17, 15) is 14.4 Å². The minimum absolute atomic E-state index is 0.119. The largest absolute Gasteiger partial charge is 0.341 e. The fourth-order valence-corrected chi connectivity index (χ4v) is 4.32. The van der Waals surface area contributed by atoms with Crippen molar-refractivity contribution < 1.29 is 14.4 Å². The van der Waals surface area contributed by atoms with Gasteiger partial charge in [-0.3, -0.25) is 19.7 Å². The van der Waals surface area contributed by atoms with Crippen LogP contribution in [-0.4, -0.2) is 29.0 Å². The Balaban J connectivity index is 1.39. The average molecular weight is 457 g/mol. The number of carbonyl (C=O) groups excluding carboxylic acids is 3. The predicted octanol–water partition coefficient (Wildman–Crippen LogP) is 5.27. The van der Waals surface area contributed by atoms with E-state index >= 15 is 0 Å². The van der Waals surface area contributed by atoms with E-state index in [4.69, 9.17) is 0 Å². The van der Waals surface area contributed by atoms with Crippen LogP contribution in [0.1, 0.15) is 23.1 Å². The molecule has 3 amide bonds. The van der Waals surface area contributed by atoms with Crippen molar-refractivity contribution in [2.75, 3.05) is 7.05 Å². The van der Waals surface area contributed by atoms with Crippen LogP contribution in [0, 0.1) is 0 Å². The van der Waals surface area contributed by atoms with Gasteiger partial charge in [-0.05, 0) is 58.1 Å². The summed E-state index contributed by atoms with van der Waals surface area (Å²) < 4.78 is 0. The lowest BCUT2D eigenvalue weighted by atomic mass is 10.0. The summed E-state index contributed by atoms with van der Waals surface area (Å²) >= 11 is 0.910. The molecule has 1 fully saturated rings. The Bertz CT molecular complexity index is 1200. The van der Waals surface area contributed by atoms with Gasteiger partial charge in [0, 0.05) is 20.0 Å². The summed E-state index contributed by atoms with van der Waals surface area (Å²) in [4.78, 5) is 37.8. The van der Waals surface area contributed by atoms with Gasteiger partial charge in [0.1, 0.15) is 0 Å². The molecule has 0 bridgehead atoms. The zero-order chi connectivity index (χ0) is 23.2. The first-order valence-electron chi connectivity index (χ1n) is 10.7. The van der Waals surface area contributed by atoms with Gasteiger partial charge in [-0.15, -0.1) is 0 Å². The van der Waals surface area contributed by atoms with Gasteiger partial charge in [0.15, 0.2) is 0 Å². The van der Waals surface area contributed by atoms with Crippen molar-refractivity contribution in [1.82, 2.24) is 10.2 Å². The predicted molar refractivity (Wildman–Crippen MR) is 132 cm³/mol. The third kappa shape index (κ3) is 5.99. The van der Waals surface area contributed by atoms with Gasteiger partial charge in [-0.2, -0.15) is 0 Å². The summed E-state index contributed by atoms with van der Waals surface area (Å²) in [5, 5.41) is 1.91. The lowest BCUT2D eigenvalue weighted by Gasteiger charge is -2.18. The Morgan fingerprint density at radius 1 is 0.909 bits per heavy atom.